The Morgan fingerprint density at radius 3 is 2.44 bits per heavy atom. The number of hydrogen-bond donors (Lipinski definition) is 1. The third-order valence-electron chi connectivity index (χ3n) is 5.22. The summed E-state index contributed by atoms with van der Waals surface area (Å²) in [6.45, 7) is 0.710. The molecule has 1 fully saturated rings. The van der Waals surface area contributed by atoms with Gasteiger partial charge in [0.15, 0.2) is 0 Å². The molecule has 0 radical (unpaired) electrons. The first-order chi connectivity index (χ1) is 12.1. The molecule has 1 saturated carbocycles. The minimum absolute atomic E-state index is 0.0330. The number of aliphatic carboxylic acids is 1. The molecule has 2 aromatic carbocycles. The molecule has 0 saturated heterocycles. The first-order valence-corrected chi connectivity index (χ1v) is 8.78. The van der Waals surface area contributed by atoms with Gasteiger partial charge in [0.1, 0.15) is 0 Å². The Labute approximate surface area is 151 Å². The predicted octanol–water partition coefficient (Wildman–Crippen LogP) is 3.65. The zero-order valence-electron chi connectivity index (χ0n) is 13.6. The van der Waals surface area contributed by atoms with E-state index in [1.165, 1.54) is 0 Å². The number of nitrogens with zero attached hydrogens (tertiary/aromatic N) is 1. The van der Waals surface area contributed by atoms with Gasteiger partial charge in [0.05, 0.1) is 5.92 Å². The van der Waals surface area contributed by atoms with Crippen molar-refractivity contribution in [3.63, 3.8) is 0 Å². The van der Waals surface area contributed by atoms with Crippen molar-refractivity contribution in [2.24, 2.45) is 5.92 Å². The highest BCUT2D eigenvalue weighted by Crippen LogP contribution is 2.51. The lowest BCUT2D eigenvalue weighted by Crippen LogP contribution is -2.41. The Hall–Kier alpha value is -2.33. The highest BCUT2D eigenvalue weighted by atomic mass is 35.5. The Kier molecular flexibility index (Phi) is 4.00. The van der Waals surface area contributed by atoms with Gasteiger partial charge < -0.3 is 10.0 Å². The fourth-order valence-electron chi connectivity index (χ4n) is 3.81. The summed E-state index contributed by atoms with van der Waals surface area (Å²) in [5, 5.41) is 10.2. The number of halogens is 1. The molecule has 1 N–H and O–H groups in total. The average molecular weight is 356 g/mol. The molecular formula is C20H18ClNO3. The van der Waals surface area contributed by atoms with E-state index in [1.54, 1.807) is 4.90 Å². The summed E-state index contributed by atoms with van der Waals surface area (Å²) in [5.41, 5.74) is 2.75. The van der Waals surface area contributed by atoms with Crippen LogP contribution in [0.5, 0.6) is 0 Å². The zero-order valence-corrected chi connectivity index (χ0v) is 14.3. The van der Waals surface area contributed by atoms with Crippen LogP contribution in [-0.2, 0) is 16.1 Å². The molecule has 25 heavy (non-hydrogen) atoms. The monoisotopic (exact) mass is 355 g/mol. The fourth-order valence-corrected chi connectivity index (χ4v) is 4.08. The lowest BCUT2D eigenvalue weighted by molar-refractivity contribution is -0.141. The highest BCUT2D eigenvalue weighted by Gasteiger charge is 2.47. The van der Waals surface area contributed by atoms with Crippen molar-refractivity contribution >= 4 is 23.5 Å². The molecule has 0 aromatic heterocycles. The minimum Gasteiger partial charge on any atom is -0.481 e. The number of fused-ring (bicyclic) bond motifs is 1. The van der Waals surface area contributed by atoms with Crippen LogP contribution < -0.4 is 0 Å². The number of carboxylic acids is 1. The van der Waals surface area contributed by atoms with Gasteiger partial charge in [-0.2, -0.15) is 0 Å². The van der Waals surface area contributed by atoms with Crippen LogP contribution >= 0.6 is 11.6 Å². The predicted molar refractivity (Wildman–Crippen MR) is 94.5 cm³/mol. The van der Waals surface area contributed by atoms with E-state index in [1.807, 2.05) is 48.5 Å². The smallest absolute Gasteiger partial charge is 0.312 e. The summed E-state index contributed by atoms with van der Waals surface area (Å²) in [6, 6.07) is 15.1. The molecule has 2 aliphatic rings. The van der Waals surface area contributed by atoms with Gasteiger partial charge in [0.25, 0.3) is 0 Å². The summed E-state index contributed by atoms with van der Waals surface area (Å²) in [5.74, 6) is -1.47. The second-order valence-electron chi connectivity index (χ2n) is 6.78. The van der Waals surface area contributed by atoms with Gasteiger partial charge in [-0.05, 0) is 35.1 Å². The number of benzene rings is 2. The van der Waals surface area contributed by atoms with Crippen LogP contribution in [0, 0.1) is 5.92 Å². The largest absolute Gasteiger partial charge is 0.481 e. The maximum absolute atomic E-state index is 12.9. The van der Waals surface area contributed by atoms with Gasteiger partial charge in [0.2, 0.25) is 5.91 Å². The second-order valence-corrected chi connectivity index (χ2v) is 7.19. The summed E-state index contributed by atoms with van der Waals surface area (Å²) < 4.78 is 0. The third-order valence-corrected chi connectivity index (χ3v) is 5.56. The first kappa shape index (κ1) is 16.2. The van der Waals surface area contributed by atoms with Crippen LogP contribution in [0.4, 0.5) is 0 Å². The molecule has 1 heterocycles. The van der Waals surface area contributed by atoms with Crippen LogP contribution in [-0.4, -0.2) is 28.4 Å². The Morgan fingerprint density at radius 2 is 1.72 bits per heavy atom. The number of carboxylic acid groups (broad SMARTS) is 1. The van der Waals surface area contributed by atoms with E-state index >= 15 is 0 Å². The van der Waals surface area contributed by atoms with Gasteiger partial charge in [-0.3, -0.25) is 9.59 Å². The Bertz CT molecular complexity index is 850. The normalized spacial score (nSPS) is 24.5. The SMILES string of the molecule is O=C(O)C1CN(C(=O)C2CC2c2ccccc2Cl)Cc2ccccc21. The summed E-state index contributed by atoms with van der Waals surface area (Å²) in [4.78, 5) is 26.3. The maximum atomic E-state index is 12.9. The van der Waals surface area contributed by atoms with E-state index < -0.39 is 11.9 Å². The molecule has 3 unspecified atom stereocenters. The number of amides is 1. The summed E-state index contributed by atoms with van der Waals surface area (Å²) >= 11 is 6.24. The number of carbonyl (C=O) groups is 2. The van der Waals surface area contributed by atoms with Crippen molar-refractivity contribution in [2.75, 3.05) is 6.54 Å². The number of rotatable bonds is 3. The molecule has 2 aromatic rings. The van der Waals surface area contributed by atoms with Gasteiger partial charge >= 0.3 is 5.97 Å². The van der Waals surface area contributed by atoms with Crippen LogP contribution in [0.15, 0.2) is 48.5 Å². The third kappa shape index (κ3) is 2.91. The van der Waals surface area contributed by atoms with E-state index in [0.29, 0.717) is 11.6 Å². The molecule has 3 atom stereocenters. The van der Waals surface area contributed by atoms with Crippen molar-refractivity contribution in [1.82, 2.24) is 4.90 Å². The van der Waals surface area contributed by atoms with E-state index in [2.05, 4.69) is 0 Å². The minimum atomic E-state index is -0.886. The van der Waals surface area contributed by atoms with Crippen LogP contribution in [0.25, 0.3) is 0 Å². The van der Waals surface area contributed by atoms with Crippen LogP contribution in [0.2, 0.25) is 5.02 Å². The molecule has 5 heteroatoms. The van der Waals surface area contributed by atoms with Gasteiger partial charge in [0, 0.05) is 24.0 Å². The van der Waals surface area contributed by atoms with Gasteiger partial charge in [-0.25, -0.2) is 0 Å². The molecule has 1 amide bonds. The summed E-state index contributed by atoms with van der Waals surface area (Å²) in [7, 11) is 0. The van der Waals surface area contributed by atoms with Crippen molar-refractivity contribution in [1.29, 1.82) is 0 Å². The van der Waals surface area contributed by atoms with Crippen LogP contribution in [0.1, 0.15) is 34.9 Å². The highest BCUT2D eigenvalue weighted by molar-refractivity contribution is 6.31. The van der Waals surface area contributed by atoms with Crippen LogP contribution in [0.3, 0.4) is 0 Å². The fraction of sp³-hybridized carbons (Fsp3) is 0.300. The van der Waals surface area contributed by atoms with Gasteiger partial charge in [-0.1, -0.05) is 54.1 Å². The van der Waals surface area contributed by atoms with E-state index in [9.17, 15) is 14.7 Å². The molecule has 0 spiro atoms. The topological polar surface area (TPSA) is 57.6 Å². The zero-order chi connectivity index (χ0) is 17.6. The van der Waals surface area contributed by atoms with Gasteiger partial charge in [-0.15, -0.1) is 0 Å². The lowest BCUT2D eigenvalue weighted by atomic mass is 9.89. The molecular weight excluding hydrogens is 338 g/mol. The summed E-state index contributed by atoms with van der Waals surface area (Å²) in [6.07, 6.45) is 0.776. The number of carbonyl (C=O) groups excluding carboxylic acids is 1. The molecule has 128 valence electrons. The maximum Gasteiger partial charge on any atom is 0.312 e. The number of hydrogen-bond acceptors (Lipinski definition) is 2. The first-order valence-electron chi connectivity index (χ1n) is 8.40. The van der Waals surface area contributed by atoms with E-state index in [4.69, 9.17) is 11.6 Å². The standard InChI is InChI=1S/C20H18ClNO3/c21-18-8-4-3-7-14(18)15-9-16(15)19(23)22-10-12-5-1-2-6-13(12)17(11-22)20(24)25/h1-8,15-17H,9-11H2,(H,24,25). The Balaban J connectivity index is 1.54. The second kappa shape index (κ2) is 6.19. The Morgan fingerprint density at radius 1 is 1.04 bits per heavy atom. The molecule has 4 rings (SSSR count). The van der Waals surface area contributed by atoms with Crippen molar-refractivity contribution < 1.29 is 14.7 Å². The van der Waals surface area contributed by atoms with Crippen molar-refractivity contribution in [3.05, 3.63) is 70.2 Å². The van der Waals surface area contributed by atoms with E-state index in [-0.39, 0.29) is 24.3 Å². The molecule has 4 nitrogen and oxygen atoms in total. The van der Waals surface area contributed by atoms with E-state index in [0.717, 1.165) is 23.1 Å². The van der Waals surface area contributed by atoms with Crippen molar-refractivity contribution in [3.8, 4) is 0 Å². The molecule has 1 aliphatic heterocycles. The average Bonchev–Trinajstić information content (AvgIpc) is 3.41. The van der Waals surface area contributed by atoms with Crippen molar-refractivity contribution in [2.45, 2.75) is 24.8 Å². The molecule has 0 bridgehead atoms. The quantitative estimate of drug-likeness (QED) is 0.914. The lowest BCUT2D eigenvalue weighted by Gasteiger charge is -2.33. The molecule has 1 aliphatic carbocycles.